The highest BCUT2D eigenvalue weighted by molar-refractivity contribution is 7.97. The first kappa shape index (κ1) is 34.9. The number of benzene rings is 1. The van der Waals surface area contributed by atoms with Crippen LogP contribution >= 0.6 is 11.6 Å². The van der Waals surface area contributed by atoms with Crippen LogP contribution in [0.15, 0.2) is 59.8 Å². The van der Waals surface area contributed by atoms with E-state index >= 15 is 0 Å². The van der Waals surface area contributed by atoms with Gasteiger partial charge in [-0.15, -0.1) is 0 Å². The van der Waals surface area contributed by atoms with E-state index in [-0.39, 0.29) is 26.0 Å². The van der Waals surface area contributed by atoms with Gasteiger partial charge in [0.2, 0.25) is 0 Å². The van der Waals surface area contributed by atoms with E-state index in [1.165, 1.54) is 5.57 Å². The Kier molecular flexibility index (Phi) is 10.2. The fraction of sp³-hybridized carbons (Fsp3) is 0.457. The van der Waals surface area contributed by atoms with Crippen molar-refractivity contribution in [3.05, 3.63) is 70.4 Å². The fourth-order valence-electron chi connectivity index (χ4n) is 6.01. The van der Waals surface area contributed by atoms with Gasteiger partial charge in [-0.05, 0) is 41.6 Å². The fourth-order valence-corrected chi connectivity index (χ4v) is 7.71. The van der Waals surface area contributed by atoms with Crippen molar-refractivity contribution in [3.63, 3.8) is 0 Å². The minimum Gasteiger partial charge on any atom is -0.456 e. The van der Waals surface area contributed by atoms with E-state index in [0.29, 0.717) is 40.9 Å². The summed E-state index contributed by atoms with van der Waals surface area (Å²) in [4.78, 5) is 9.77. The van der Waals surface area contributed by atoms with Crippen LogP contribution in [0.2, 0.25) is 30.7 Å². The first-order valence-corrected chi connectivity index (χ1v) is 22.5. The standard InChI is InChI=1S/C35H45ClN4O6SSi/c1-7-22-8-9-25(17-26(16-22)39-47(2,3)42)23-10-12-24(13-11-23)31-27(36)18-28-34(38-31)40(21-43-14-15-48(4,5)6)35(37-28)46-30-20-45-32-29(41)19-44-33(30)32/h8-13,17-18,29-30,32-33,41H,2,7,14-16,19-21H2,1,3-6H3,(H,39,42). The molecule has 1 aromatic carbocycles. The highest BCUT2D eigenvalue weighted by Crippen LogP contribution is 2.35. The van der Waals surface area contributed by atoms with Crippen LogP contribution in [0.1, 0.15) is 25.3 Å². The topological polar surface area (TPSA) is 117 Å². The Morgan fingerprint density at radius 3 is 2.56 bits per heavy atom. The van der Waals surface area contributed by atoms with Crippen LogP contribution in [-0.2, 0) is 30.6 Å². The first-order valence-electron chi connectivity index (χ1n) is 16.3. The smallest absolute Gasteiger partial charge is 0.301 e. The molecular weight excluding hydrogens is 668 g/mol. The number of hydrogen-bond acceptors (Lipinski definition) is 8. The zero-order chi connectivity index (χ0) is 34.2. The average Bonchev–Trinajstić information content (AvgIpc) is 3.64. The number of fused-ring (bicyclic) bond motifs is 2. The van der Waals surface area contributed by atoms with Crippen molar-refractivity contribution >= 4 is 52.0 Å². The number of ether oxygens (including phenoxy) is 4. The van der Waals surface area contributed by atoms with Crippen LogP contribution in [0.4, 0.5) is 0 Å². The molecule has 0 spiro atoms. The number of aromatic nitrogens is 3. The van der Waals surface area contributed by atoms with Crippen molar-refractivity contribution in [1.29, 1.82) is 0 Å². The Morgan fingerprint density at radius 1 is 1.12 bits per heavy atom. The van der Waals surface area contributed by atoms with Crippen LogP contribution in [0.25, 0.3) is 28.0 Å². The summed E-state index contributed by atoms with van der Waals surface area (Å²) in [6.07, 6.45) is 7.55. The van der Waals surface area contributed by atoms with Crippen molar-refractivity contribution in [1.82, 2.24) is 19.3 Å². The molecule has 2 N–H and O–H groups in total. The van der Waals surface area contributed by atoms with Gasteiger partial charge in [0, 0.05) is 48.3 Å². The van der Waals surface area contributed by atoms with Crippen LogP contribution in [-0.4, -0.2) is 88.3 Å². The van der Waals surface area contributed by atoms with E-state index < -0.39 is 36.1 Å². The van der Waals surface area contributed by atoms with Gasteiger partial charge < -0.3 is 28.8 Å². The van der Waals surface area contributed by atoms with Gasteiger partial charge >= 0.3 is 6.01 Å². The predicted molar refractivity (Wildman–Crippen MR) is 195 cm³/mol. The number of aliphatic hydroxyl groups excluding tert-OH is 1. The highest BCUT2D eigenvalue weighted by atomic mass is 35.5. The first-order chi connectivity index (χ1) is 22.8. The molecule has 0 bridgehead atoms. The molecule has 4 heterocycles. The summed E-state index contributed by atoms with van der Waals surface area (Å²) in [6.45, 7) is 10.4. The van der Waals surface area contributed by atoms with Gasteiger partial charge in [-0.2, -0.15) is 4.98 Å². The van der Waals surface area contributed by atoms with Crippen LogP contribution < -0.4 is 9.46 Å². The van der Waals surface area contributed by atoms with E-state index in [9.17, 15) is 9.32 Å². The normalized spacial score (nSPS) is 24.0. The van der Waals surface area contributed by atoms with E-state index in [0.717, 1.165) is 34.9 Å². The second-order valence-corrected chi connectivity index (χ2v) is 22.2. The molecule has 13 heteroatoms. The minimum atomic E-state index is -2.41. The molecule has 0 amide bonds. The maximum absolute atomic E-state index is 12.5. The number of pyridine rings is 1. The van der Waals surface area contributed by atoms with E-state index in [4.69, 9.17) is 40.5 Å². The van der Waals surface area contributed by atoms with Crippen molar-refractivity contribution in [3.8, 4) is 17.3 Å². The van der Waals surface area contributed by atoms with Gasteiger partial charge in [-0.25, -0.2) is 9.19 Å². The SMILES string of the molecule is C=S(C)(=O)NC1=CC(c2ccc(-c3nc4c(cc3Cl)nc(OC3COC5C(O)COC35)n4COCC[Si](C)(C)C)cc2)=CC=C(CC)C1. The molecular formula is C35H45ClN4O6SSi. The number of halogens is 1. The van der Waals surface area contributed by atoms with Crippen molar-refractivity contribution < 1.29 is 28.3 Å². The Hall–Kier alpha value is -2.97. The molecule has 2 fully saturated rings. The van der Waals surface area contributed by atoms with Crippen molar-refractivity contribution in [2.45, 2.75) is 76.6 Å². The molecule has 2 aromatic heterocycles. The third kappa shape index (κ3) is 8.07. The second-order valence-electron chi connectivity index (χ2n) is 14.0. The molecule has 3 aliphatic rings. The van der Waals surface area contributed by atoms with E-state index in [2.05, 4.69) is 49.3 Å². The second kappa shape index (κ2) is 14.1. The Morgan fingerprint density at radius 2 is 1.85 bits per heavy atom. The van der Waals surface area contributed by atoms with Gasteiger partial charge in [0.15, 0.2) is 11.8 Å². The Labute approximate surface area is 288 Å². The number of hydrogen-bond donors (Lipinski definition) is 2. The predicted octanol–water partition coefficient (Wildman–Crippen LogP) is 5.83. The summed E-state index contributed by atoms with van der Waals surface area (Å²) in [5.41, 5.74) is 6.74. The van der Waals surface area contributed by atoms with Crippen LogP contribution in [0.5, 0.6) is 6.01 Å². The number of nitrogens with zero attached hydrogens (tertiary/aromatic N) is 3. The molecule has 2 aliphatic heterocycles. The Bertz CT molecular complexity index is 1870. The number of nitrogens with one attached hydrogen (secondary N) is 1. The van der Waals surface area contributed by atoms with Gasteiger partial charge in [0.05, 0.1) is 23.9 Å². The summed E-state index contributed by atoms with van der Waals surface area (Å²) in [7, 11) is -3.71. The maximum atomic E-state index is 12.5. The minimum absolute atomic E-state index is 0.204. The number of allylic oxidation sites excluding steroid dienone is 5. The van der Waals surface area contributed by atoms with E-state index in [1.807, 2.05) is 34.9 Å². The summed E-state index contributed by atoms with van der Waals surface area (Å²) in [5.74, 6) is 3.77. The quantitative estimate of drug-likeness (QED) is 0.137. The molecule has 5 unspecified atom stereocenters. The lowest BCUT2D eigenvalue weighted by Gasteiger charge is -2.19. The maximum Gasteiger partial charge on any atom is 0.301 e. The molecule has 48 heavy (non-hydrogen) atoms. The van der Waals surface area contributed by atoms with Gasteiger partial charge in [-0.3, -0.25) is 4.57 Å². The third-order valence-corrected chi connectivity index (χ3v) is 11.3. The molecule has 0 radical (unpaired) electrons. The van der Waals surface area contributed by atoms with Crippen molar-refractivity contribution in [2.75, 3.05) is 26.1 Å². The number of imidazole rings is 1. The molecule has 258 valence electrons. The summed E-state index contributed by atoms with van der Waals surface area (Å²) in [6, 6.07) is 11.2. The van der Waals surface area contributed by atoms with Gasteiger partial charge in [0.1, 0.15) is 30.6 Å². The van der Waals surface area contributed by atoms with E-state index in [1.54, 1.807) is 12.3 Å². The van der Waals surface area contributed by atoms with Crippen molar-refractivity contribution in [2.24, 2.45) is 0 Å². The lowest BCUT2D eigenvalue weighted by Crippen LogP contribution is -2.35. The molecule has 10 nitrogen and oxygen atoms in total. The lowest BCUT2D eigenvalue weighted by molar-refractivity contribution is 0.00336. The molecule has 0 saturated carbocycles. The lowest BCUT2D eigenvalue weighted by atomic mass is 10.0. The summed E-state index contributed by atoms with van der Waals surface area (Å²) < 4.78 is 41.5. The summed E-state index contributed by atoms with van der Waals surface area (Å²) >= 11 is 6.84. The van der Waals surface area contributed by atoms with Gasteiger partial charge in [0.25, 0.3) is 0 Å². The zero-order valence-corrected chi connectivity index (χ0v) is 30.8. The molecule has 5 atom stereocenters. The molecule has 3 aromatic rings. The monoisotopic (exact) mass is 712 g/mol. The molecule has 6 rings (SSSR count). The third-order valence-electron chi connectivity index (χ3n) is 8.63. The Balaban J connectivity index is 1.31. The highest BCUT2D eigenvalue weighted by Gasteiger charge is 2.49. The average molecular weight is 713 g/mol. The van der Waals surface area contributed by atoms with Crippen LogP contribution in [0.3, 0.4) is 0 Å². The van der Waals surface area contributed by atoms with Gasteiger partial charge in [-0.1, -0.05) is 80.2 Å². The number of aliphatic hydroxyl groups is 1. The summed E-state index contributed by atoms with van der Waals surface area (Å²) in [5, 5.41) is 10.7. The largest absolute Gasteiger partial charge is 0.456 e. The van der Waals surface area contributed by atoms with Crippen LogP contribution in [0, 0.1) is 0 Å². The zero-order valence-electron chi connectivity index (χ0n) is 28.2. The molecule has 2 saturated heterocycles. The molecule has 1 aliphatic carbocycles. The number of rotatable bonds is 12.